The molecule has 3 aromatic carbocycles. The van der Waals surface area contributed by atoms with Crippen molar-refractivity contribution in [2.24, 2.45) is 0 Å². The summed E-state index contributed by atoms with van der Waals surface area (Å²) < 4.78 is 17.9. The highest BCUT2D eigenvalue weighted by Gasteiger charge is 2.44. The fraction of sp³-hybridized carbons (Fsp3) is 0.200. The van der Waals surface area contributed by atoms with Crippen LogP contribution in [0.25, 0.3) is 11.0 Å². The van der Waals surface area contributed by atoms with Gasteiger partial charge >= 0.3 is 0 Å². The summed E-state index contributed by atoms with van der Waals surface area (Å²) in [6.45, 7) is 4.02. The number of carbonyl (C=O) groups is 2. The topological polar surface area (TPSA) is 89.2 Å². The van der Waals surface area contributed by atoms with Gasteiger partial charge < -0.3 is 23.9 Å². The standard InChI is InChI=1S/C30H26BrNO6/c1-17(2)37-23-9-4-6-18(12-23)16-32-27(19-7-5-8-22(14-19)36-3)26(29(34)30(32)35)28(33)25-15-20-13-21(31)10-11-24(20)38-25/h4-15,17,27,34H,16H2,1-3H3. The zero-order valence-electron chi connectivity index (χ0n) is 21.1. The van der Waals surface area contributed by atoms with E-state index in [1.807, 2.05) is 50.2 Å². The molecule has 1 aliphatic heterocycles. The molecule has 7 nitrogen and oxygen atoms in total. The maximum Gasteiger partial charge on any atom is 0.290 e. The Morgan fingerprint density at radius 2 is 1.82 bits per heavy atom. The lowest BCUT2D eigenvalue weighted by Crippen LogP contribution is -2.30. The number of carbonyl (C=O) groups excluding carboxylic acids is 2. The smallest absolute Gasteiger partial charge is 0.290 e. The summed E-state index contributed by atoms with van der Waals surface area (Å²) >= 11 is 3.43. The summed E-state index contributed by atoms with van der Waals surface area (Å²) in [6, 6.07) is 20.7. The van der Waals surface area contributed by atoms with Gasteiger partial charge in [-0.2, -0.15) is 0 Å². The lowest BCUT2D eigenvalue weighted by Gasteiger charge is -2.27. The molecular weight excluding hydrogens is 550 g/mol. The van der Waals surface area contributed by atoms with Crippen LogP contribution in [0.15, 0.2) is 93.0 Å². The van der Waals surface area contributed by atoms with Gasteiger partial charge in [0.25, 0.3) is 5.91 Å². The molecular formula is C30H26BrNO6. The number of furan rings is 1. The third kappa shape index (κ3) is 4.91. The lowest BCUT2D eigenvalue weighted by atomic mass is 9.94. The van der Waals surface area contributed by atoms with Crippen LogP contribution >= 0.6 is 15.9 Å². The number of fused-ring (bicyclic) bond motifs is 1. The lowest BCUT2D eigenvalue weighted by molar-refractivity contribution is -0.130. The largest absolute Gasteiger partial charge is 0.503 e. The van der Waals surface area contributed by atoms with E-state index in [-0.39, 0.29) is 24.0 Å². The van der Waals surface area contributed by atoms with Gasteiger partial charge in [0.15, 0.2) is 11.5 Å². The van der Waals surface area contributed by atoms with Gasteiger partial charge in [0.1, 0.15) is 17.1 Å². The van der Waals surface area contributed by atoms with E-state index in [0.717, 1.165) is 15.4 Å². The number of ketones is 1. The summed E-state index contributed by atoms with van der Waals surface area (Å²) in [5.74, 6) is -0.530. The molecule has 1 aliphatic rings. The molecule has 2 heterocycles. The molecule has 0 radical (unpaired) electrons. The van der Waals surface area contributed by atoms with E-state index in [9.17, 15) is 14.7 Å². The molecule has 4 aromatic rings. The Morgan fingerprint density at radius 3 is 2.58 bits per heavy atom. The van der Waals surface area contributed by atoms with Gasteiger partial charge in [-0.3, -0.25) is 9.59 Å². The molecule has 194 valence electrons. The van der Waals surface area contributed by atoms with Crippen molar-refractivity contribution in [1.82, 2.24) is 4.90 Å². The number of Topliss-reactive ketones (excluding diaryl/α,β-unsaturated/α-hetero) is 1. The van der Waals surface area contributed by atoms with Crippen LogP contribution in [0.3, 0.4) is 0 Å². The minimum Gasteiger partial charge on any atom is -0.503 e. The second-order valence-corrected chi connectivity index (χ2v) is 10.2. The van der Waals surface area contributed by atoms with Gasteiger partial charge in [-0.1, -0.05) is 40.2 Å². The number of methoxy groups -OCH3 is 1. The molecule has 1 amide bonds. The molecule has 5 rings (SSSR count). The number of aliphatic hydroxyl groups is 1. The van der Waals surface area contributed by atoms with Gasteiger partial charge in [-0.05, 0) is 73.5 Å². The third-order valence-corrected chi connectivity index (χ3v) is 6.78. The van der Waals surface area contributed by atoms with E-state index < -0.39 is 23.5 Å². The molecule has 0 bridgehead atoms. The van der Waals surface area contributed by atoms with Crippen molar-refractivity contribution in [2.45, 2.75) is 32.5 Å². The highest BCUT2D eigenvalue weighted by molar-refractivity contribution is 9.10. The number of hydrogen-bond donors (Lipinski definition) is 1. The summed E-state index contributed by atoms with van der Waals surface area (Å²) in [4.78, 5) is 28.7. The number of halogens is 1. The predicted octanol–water partition coefficient (Wildman–Crippen LogP) is 6.77. The SMILES string of the molecule is COc1cccc(C2C(C(=O)c3cc4cc(Br)ccc4o3)=C(O)C(=O)N2Cc2cccc(OC(C)C)c2)c1. The van der Waals surface area contributed by atoms with Gasteiger partial charge in [-0.25, -0.2) is 0 Å². The fourth-order valence-electron chi connectivity index (χ4n) is 4.65. The molecule has 38 heavy (non-hydrogen) atoms. The van der Waals surface area contributed by atoms with E-state index in [1.165, 1.54) is 4.90 Å². The van der Waals surface area contributed by atoms with Crippen LogP contribution in [0.5, 0.6) is 11.5 Å². The second kappa shape index (κ2) is 10.4. The zero-order chi connectivity index (χ0) is 27.0. The first-order valence-electron chi connectivity index (χ1n) is 12.1. The van der Waals surface area contributed by atoms with Crippen LogP contribution in [0.2, 0.25) is 0 Å². The first-order valence-corrected chi connectivity index (χ1v) is 12.9. The minimum absolute atomic E-state index is 0.0115. The van der Waals surface area contributed by atoms with Crippen LogP contribution in [0.4, 0.5) is 0 Å². The van der Waals surface area contributed by atoms with Gasteiger partial charge in [0, 0.05) is 16.4 Å². The first kappa shape index (κ1) is 25.6. The molecule has 1 unspecified atom stereocenters. The maximum atomic E-state index is 13.8. The first-order chi connectivity index (χ1) is 18.2. The summed E-state index contributed by atoms with van der Waals surface area (Å²) in [7, 11) is 1.54. The van der Waals surface area contributed by atoms with Crippen molar-refractivity contribution in [2.75, 3.05) is 7.11 Å². The Balaban J connectivity index is 1.57. The van der Waals surface area contributed by atoms with Crippen molar-refractivity contribution < 1.29 is 28.6 Å². The number of ether oxygens (including phenoxy) is 2. The van der Waals surface area contributed by atoms with E-state index in [4.69, 9.17) is 13.9 Å². The molecule has 8 heteroatoms. The van der Waals surface area contributed by atoms with Crippen molar-refractivity contribution in [3.63, 3.8) is 0 Å². The Hall–Kier alpha value is -4.04. The van der Waals surface area contributed by atoms with Gasteiger partial charge in [0.2, 0.25) is 5.78 Å². The number of amides is 1. The van der Waals surface area contributed by atoms with Crippen molar-refractivity contribution in [3.8, 4) is 11.5 Å². The van der Waals surface area contributed by atoms with Crippen molar-refractivity contribution in [1.29, 1.82) is 0 Å². The van der Waals surface area contributed by atoms with Crippen LogP contribution in [-0.4, -0.2) is 34.9 Å². The average Bonchev–Trinajstić information content (AvgIpc) is 3.42. The third-order valence-electron chi connectivity index (χ3n) is 6.28. The zero-order valence-corrected chi connectivity index (χ0v) is 22.7. The Morgan fingerprint density at radius 1 is 1.05 bits per heavy atom. The summed E-state index contributed by atoms with van der Waals surface area (Å²) in [5, 5.41) is 11.8. The molecule has 0 spiro atoms. The number of nitrogens with zero attached hydrogens (tertiary/aromatic N) is 1. The summed E-state index contributed by atoms with van der Waals surface area (Å²) in [6.07, 6.45) is -0.0115. The van der Waals surface area contributed by atoms with Crippen LogP contribution in [0.1, 0.15) is 41.6 Å². The monoisotopic (exact) mass is 575 g/mol. The van der Waals surface area contributed by atoms with Crippen molar-refractivity contribution in [3.05, 3.63) is 105 Å². The molecule has 0 saturated carbocycles. The Kier molecular flexibility index (Phi) is 6.99. The number of aliphatic hydroxyl groups excluding tert-OH is 1. The molecule has 1 N–H and O–H groups in total. The normalized spacial score (nSPS) is 15.6. The van der Waals surface area contributed by atoms with Gasteiger partial charge in [0.05, 0.1) is 24.8 Å². The predicted molar refractivity (Wildman–Crippen MR) is 146 cm³/mol. The number of hydrogen-bond acceptors (Lipinski definition) is 6. The van der Waals surface area contributed by atoms with E-state index in [0.29, 0.717) is 22.6 Å². The molecule has 1 aromatic heterocycles. The second-order valence-electron chi connectivity index (χ2n) is 9.31. The minimum atomic E-state index is -0.861. The number of rotatable bonds is 8. The van der Waals surface area contributed by atoms with Gasteiger partial charge in [-0.15, -0.1) is 0 Å². The highest BCUT2D eigenvalue weighted by atomic mass is 79.9. The highest BCUT2D eigenvalue weighted by Crippen LogP contribution is 2.41. The van der Waals surface area contributed by atoms with E-state index in [1.54, 1.807) is 43.5 Å². The quantitative estimate of drug-likeness (QED) is 0.233. The molecule has 0 aliphatic carbocycles. The Bertz CT molecular complexity index is 1570. The van der Waals surface area contributed by atoms with E-state index >= 15 is 0 Å². The Labute approximate surface area is 228 Å². The molecule has 0 fully saturated rings. The molecule has 1 atom stereocenters. The van der Waals surface area contributed by atoms with Crippen LogP contribution in [0, 0.1) is 0 Å². The maximum absolute atomic E-state index is 13.8. The summed E-state index contributed by atoms with van der Waals surface area (Å²) in [5.41, 5.74) is 1.90. The van der Waals surface area contributed by atoms with E-state index in [2.05, 4.69) is 15.9 Å². The van der Waals surface area contributed by atoms with Crippen LogP contribution < -0.4 is 9.47 Å². The van der Waals surface area contributed by atoms with Crippen LogP contribution in [-0.2, 0) is 11.3 Å². The average molecular weight is 576 g/mol. The molecule has 0 saturated heterocycles. The fourth-order valence-corrected chi connectivity index (χ4v) is 5.03. The number of benzene rings is 3. The van der Waals surface area contributed by atoms with Crippen molar-refractivity contribution >= 4 is 38.6 Å².